The molecular weight excluding hydrogens is 398 g/mol. The maximum Gasteiger partial charge on any atom is 0.0516 e. The Hall–Kier alpha value is -3.06. The van der Waals surface area contributed by atoms with E-state index >= 15 is 0 Å². The number of allylic oxidation sites excluding steroid dienone is 12. The second-order valence-electron chi connectivity index (χ2n) is 9.14. The molecule has 4 rings (SSSR count). The fourth-order valence-corrected chi connectivity index (χ4v) is 5.00. The largest absolute Gasteiger partial charge is 0.359 e. The van der Waals surface area contributed by atoms with Crippen molar-refractivity contribution in [3.8, 4) is 0 Å². The van der Waals surface area contributed by atoms with Crippen molar-refractivity contribution < 1.29 is 0 Å². The monoisotopic (exact) mass is 435 g/mol. The number of benzene rings is 1. The summed E-state index contributed by atoms with van der Waals surface area (Å²) in [6.45, 7) is 4.45. The zero-order valence-corrected chi connectivity index (χ0v) is 20.1. The van der Waals surface area contributed by atoms with E-state index in [1.807, 2.05) is 0 Å². The van der Waals surface area contributed by atoms with Gasteiger partial charge in [0.1, 0.15) is 0 Å². The van der Waals surface area contributed by atoms with Crippen molar-refractivity contribution in [2.45, 2.75) is 64.0 Å². The molecule has 3 unspecified atom stereocenters. The Morgan fingerprint density at radius 1 is 0.909 bits per heavy atom. The highest BCUT2D eigenvalue weighted by Crippen LogP contribution is 2.31. The Bertz CT molecular complexity index is 1030. The van der Waals surface area contributed by atoms with Crippen LogP contribution in [0.25, 0.3) is 0 Å². The Morgan fingerprint density at radius 2 is 1.70 bits per heavy atom. The Morgan fingerprint density at radius 3 is 2.42 bits per heavy atom. The average molecular weight is 436 g/mol. The molecule has 0 N–H and O–H groups in total. The third-order valence-corrected chi connectivity index (χ3v) is 6.91. The van der Waals surface area contributed by atoms with Gasteiger partial charge in [0.2, 0.25) is 0 Å². The zero-order valence-electron chi connectivity index (χ0n) is 20.1. The molecule has 1 aromatic carbocycles. The summed E-state index contributed by atoms with van der Waals surface area (Å²) < 4.78 is 0. The molecular formula is C32H37N. The van der Waals surface area contributed by atoms with E-state index in [-0.39, 0.29) is 0 Å². The lowest BCUT2D eigenvalue weighted by Gasteiger charge is -2.39. The quantitative estimate of drug-likeness (QED) is 0.389. The Labute approximate surface area is 200 Å². The number of hydrogen-bond donors (Lipinski definition) is 0. The minimum atomic E-state index is 0.377. The molecule has 3 aliphatic rings. The molecule has 0 spiro atoms. The highest BCUT2D eigenvalue weighted by molar-refractivity contribution is 5.40. The van der Waals surface area contributed by atoms with Crippen LogP contribution < -0.4 is 0 Å². The molecule has 1 heteroatoms. The second kappa shape index (κ2) is 11.7. The van der Waals surface area contributed by atoms with Gasteiger partial charge in [-0.05, 0) is 67.7 Å². The highest BCUT2D eigenvalue weighted by atomic mass is 15.2. The molecule has 0 saturated heterocycles. The van der Waals surface area contributed by atoms with Gasteiger partial charge in [-0.3, -0.25) is 0 Å². The van der Waals surface area contributed by atoms with E-state index in [4.69, 9.17) is 0 Å². The van der Waals surface area contributed by atoms with E-state index in [2.05, 4.69) is 128 Å². The minimum Gasteiger partial charge on any atom is -0.359 e. The molecule has 0 bridgehead atoms. The Balaban J connectivity index is 1.54. The van der Waals surface area contributed by atoms with Crippen LogP contribution in [0, 0.1) is 0 Å². The van der Waals surface area contributed by atoms with Gasteiger partial charge < -0.3 is 4.90 Å². The van der Waals surface area contributed by atoms with Crippen LogP contribution >= 0.6 is 0 Å². The summed E-state index contributed by atoms with van der Waals surface area (Å²) in [7, 11) is 0. The summed E-state index contributed by atoms with van der Waals surface area (Å²) in [5, 5.41) is 0. The first-order valence-electron chi connectivity index (χ1n) is 12.5. The molecule has 0 aromatic heterocycles. The van der Waals surface area contributed by atoms with Gasteiger partial charge in [-0.25, -0.2) is 0 Å². The van der Waals surface area contributed by atoms with Crippen molar-refractivity contribution in [1.29, 1.82) is 0 Å². The molecule has 0 radical (unpaired) electrons. The van der Waals surface area contributed by atoms with Gasteiger partial charge in [0.25, 0.3) is 0 Å². The van der Waals surface area contributed by atoms with Crippen LogP contribution in [0.15, 0.2) is 126 Å². The Kier molecular flexibility index (Phi) is 8.19. The van der Waals surface area contributed by atoms with E-state index < -0.39 is 0 Å². The van der Waals surface area contributed by atoms with E-state index in [0.29, 0.717) is 18.0 Å². The highest BCUT2D eigenvalue weighted by Gasteiger charge is 2.25. The van der Waals surface area contributed by atoms with Crippen LogP contribution in [0.2, 0.25) is 0 Å². The second-order valence-corrected chi connectivity index (χ2v) is 9.14. The molecule has 1 aromatic rings. The molecule has 0 aliphatic heterocycles. The molecule has 0 fully saturated rings. The lowest BCUT2D eigenvalue weighted by molar-refractivity contribution is 0.243. The number of nitrogens with zero attached hydrogens (tertiary/aromatic N) is 1. The maximum atomic E-state index is 2.64. The summed E-state index contributed by atoms with van der Waals surface area (Å²) in [5.41, 5.74) is 5.68. The van der Waals surface area contributed by atoms with Crippen molar-refractivity contribution in [3.63, 3.8) is 0 Å². The minimum absolute atomic E-state index is 0.377. The van der Waals surface area contributed by atoms with Crippen LogP contribution in [-0.2, 0) is 0 Å². The van der Waals surface area contributed by atoms with Gasteiger partial charge in [0, 0.05) is 11.7 Å². The lowest BCUT2D eigenvalue weighted by atomic mass is 9.93. The summed E-state index contributed by atoms with van der Waals surface area (Å²) in [5.74, 6) is 0.383. The standard InChI is InChI=1S/C32H37N/c1-3-30(24-22-26(2)27-14-7-4-8-15-27)33(31-19-11-6-12-20-31)32-21-13-18-29(23-25-32)28-16-9-5-10-17-28/h3-9,11-16,18-19,21-22,24,26,31-32H,10,17,20,23,25H2,1-2H3/b24-22-,30-3+. The van der Waals surface area contributed by atoms with Gasteiger partial charge in [-0.2, -0.15) is 0 Å². The molecule has 170 valence electrons. The van der Waals surface area contributed by atoms with Crippen LogP contribution in [0.5, 0.6) is 0 Å². The van der Waals surface area contributed by atoms with Gasteiger partial charge >= 0.3 is 0 Å². The van der Waals surface area contributed by atoms with Crippen LogP contribution in [0.4, 0.5) is 0 Å². The molecule has 33 heavy (non-hydrogen) atoms. The summed E-state index contributed by atoms with van der Waals surface area (Å²) >= 11 is 0. The molecule has 0 amide bonds. The van der Waals surface area contributed by atoms with Crippen LogP contribution in [0.3, 0.4) is 0 Å². The molecule has 3 aliphatic carbocycles. The third kappa shape index (κ3) is 6.05. The zero-order chi connectivity index (χ0) is 22.9. The van der Waals surface area contributed by atoms with Gasteiger partial charge in [0.15, 0.2) is 0 Å². The van der Waals surface area contributed by atoms with Crippen molar-refractivity contribution in [3.05, 3.63) is 132 Å². The smallest absolute Gasteiger partial charge is 0.0516 e. The molecule has 0 saturated carbocycles. The predicted octanol–water partition coefficient (Wildman–Crippen LogP) is 8.36. The molecule has 0 heterocycles. The van der Waals surface area contributed by atoms with Gasteiger partial charge in [0.05, 0.1) is 6.04 Å². The SMILES string of the molecule is C/C=C(\C=C/C(C)c1ccccc1)N(C1C=CC=CC1)C1C=CC=C(C2=CC=CCC2)CC1. The molecule has 3 atom stereocenters. The summed E-state index contributed by atoms with van der Waals surface area (Å²) in [6, 6.07) is 11.5. The van der Waals surface area contributed by atoms with E-state index in [1.54, 1.807) is 0 Å². The van der Waals surface area contributed by atoms with E-state index in [1.165, 1.54) is 28.8 Å². The first-order chi connectivity index (χ1) is 16.3. The lowest BCUT2D eigenvalue weighted by Crippen LogP contribution is -2.40. The summed E-state index contributed by atoms with van der Waals surface area (Å²) in [6.07, 6.45) is 35.5. The third-order valence-electron chi connectivity index (χ3n) is 6.91. The van der Waals surface area contributed by atoms with Crippen molar-refractivity contribution in [2.24, 2.45) is 0 Å². The first kappa shape index (κ1) is 23.1. The number of hydrogen-bond acceptors (Lipinski definition) is 1. The van der Waals surface area contributed by atoms with Crippen LogP contribution in [-0.4, -0.2) is 17.0 Å². The van der Waals surface area contributed by atoms with Gasteiger partial charge in [-0.1, -0.05) is 110 Å². The fourth-order valence-electron chi connectivity index (χ4n) is 5.00. The van der Waals surface area contributed by atoms with E-state index in [0.717, 1.165) is 25.7 Å². The molecule has 1 nitrogen and oxygen atoms in total. The first-order valence-corrected chi connectivity index (χ1v) is 12.5. The van der Waals surface area contributed by atoms with Crippen LogP contribution in [0.1, 0.15) is 57.4 Å². The van der Waals surface area contributed by atoms with Crippen molar-refractivity contribution in [1.82, 2.24) is 4.90 Å². The topological polar surface area (TPSA) is 3.24 Å². The predicted molar refractivity (Wildman–Crippen MR) is 143 cm³/mol. The fraction of sp³-hybridized carbons (Fsp3) is 0.312. The van der Waals surface area contributed by atoms with E-state index in [9.17, 15) is 0 Å². The van der Waals surface area contributed by atoms with Crippen molar-refractivity contribution >= 4 is 0 Å². The summed E-state index contributed by atoms with van der Waals surface area (Å²) in [4.78, 5) is 2.64. The average Bonchev–Trinajstić information content (AvgIpc) is 3.14. The van der Waals surface area contributed by atoms with Crippen molar-refractivity contribution in [2.75, 3.05) is 0 Å². The number of rotatable bonds is 7. The van der Waals surface area contributed by atoms with Gasteiger partial charge in [-0.15, -0.1) is 0 Å². The normalized spacial score (nSPS) is 23.9. The maximum absolute atomic E-state index is 2.64.